The molecular weight excluding hydrogens is 256 g/mol. The van der Waals surface area contributed by atoms with Gasteiger partial charge in [-0.2, -0.15) is 0 Å². The van der Waals surface area contributed by atoms with Crippen LogP contribution in [0.5, 0.6) is 0 Å². The van der Waals surface area contributed by atoms with Gasteiger partial charge < -0.3 is 10.6 Å². The molecule has 0 aromatic heterocycles. The predicted molar refractivity (Wildman–Crippen MR) is 90.6 cm³/mol. The van der Waals surface area contributed by atoms with Crippen LogP contribution < -0.4 is 5.73 Å². The van der Waals surface area contributed by atoms with E-state index < -0.39 is 0 Å². The Labute approximate surface area is 127 Å². The van der Waals surface area contributed by atoms with Gasteiger partial charge in [0.25, 0.3) is 0 Å². The number of hydrogen-bond acceptors (Lipinski definition) is 2. The summed E-state index contributed by atoms with van der Waals surface area (Å²) in [6.07, 6.45) is 3.85. The number of rotatable bonds is 5. The van der Waals surface area contributed by atoms with Gasteiger partial charge in [-0.1, -0.05) is 49.4 Å². The highest BCUT2D eigenvalue weighted by Crippen LogP contribution is 2.33. The van der Waals surface area contributed by atoms with Crippen molar-refractivity contribution in [1.29, 1.82) is 0 Å². The second-order valence-electron chi connectivity index (χ2n) is 6.59. The normalized spacial score (nSPS) is 19.0. The van der Waals surface area contributed by atoms with Crippen molar-refractivity contribution in [2.24, 2.45) is 5.73 Å². The quantitative estimate of drug-likeness (QED) is 0.909. The fourth-order valence-corrected chi connectivity index (χ4v) is 3.51. The molecule has 3 rings (SSSR count). The van der Waals surface area contributed by atoms with Gasteiger partial charge >= 0.3 is 0 Å². The lowest BCUT2D eigenvalue weighted by atomic mass is 9.77. The number of likely N-dealkylation sites (tertiary alicyclic amines) is 1. The maximum atomic E-state index is 6.20. The first kappa shape index (κ1) is 14.6. The van der Waals surface area contributed by atoms with E-state index in [0.717, 1.165) is 13.0 Å². The Morgan fingerprint density at radius 1 is 1.05 bits per heavy atom. The SMILES string of the molecule is C[C@](CN)(CCN1CCCC1)c1cccc2ccccc12. The van der Waals surface area contributed by atoms with E-state index in [-0.39, 0.29) is 5.41 Å². The van der Waals surface area contributed by atoms with Gasteiger partial charge in [0.15, 0.2) is 0 Å². The third kappa shape index (κ3) is 2.97. The molecule has 2 heteroatoms. The van der Waals surface area contributed by atoms with E-state index in [9.17, 15) is 0 Å². The molecule has 1 saturated heterocycles. The Morgan fingerprint density at radius 3 is 2.52 bits per heavy atom. The molecule has 2 nitrogen and oxygen atoms in total. The van der Waals surface area contributed by atoms with Crippen LogP contribution in [0.4, 0.5) is 0 Å². The highest BCUT2D eigenvalue weighted by molar-refractivity contribution is 5.86. The van der Waals surface area contributed by atoms with Crippen molar-refractivity contribution in [3.63, 3.8) is 0 Å². The Morgan fingerprint density at radius 2 is 1.76 bits per heavy atom. The maximum absolute atomic E-state index is 6.20. The topological polar surface area (TPSA) is 29.3 Å². The summed E-state index contributed by atoms with van der Waals surface area (Å²) in [5, 5.41) is 2.67. The average molecular weight is 282 g/mol. The molecule has 1 aliphatic heterocycles. The fourth-order valence-electron chi connectivity index (χ4n) is 3.51. The summed E-state index contributed by atoms with van der Waals surface area (Å²) in [5.74, 6) is 0. The van der Waals surface area contributed by atoms with E-state index in [2.05, 4.69) is 54.3 Å². The molecule has 1 aliphatic rings. The van der Waals surface area contributed by atoms with Crippen molar-refractivity contribution in [1.82, 2.24) is 4.90 Å². The Balaban J connectivity index is 1.89. The summed E-state index contributed by atoms with van der Waals surface area (Å²) in [6.45, 7) is 6.71. The molecule has 0 saturated carbocycles. The lowest BCUT2D eigenvalue weighted by molar-refractivity contribution is 0.291. The van der Waals surface area contributed by atoms with Gasteiger partial charge in [0, 0.05) is 12.0 Å². The smallest absolute Gasteiger partial charge is 0.00656 e. The van der Waals surface area contributed by atoms with Gasteiger partial charge in [-0.25, -0.2) is 0 Å². The molecule has 2 aromatic rings. The number of hydrogen-bond donors (Lipinski definition) is 1. The lowest BCUT2D eigenvalue weighted by Crippen LogP contribution is -2.36. The van der Waals surface area contributed by atoms with Crippen molar-refractivity contribution < 1.29 is 0 Å². The van der Waals surface area contributed by atoms with E-state index in [4.69, 9.17) is 5.73 Å². The predicted octanol–water partition coefficient (Wildman–Crippen LogP) is 3.54. The standard InChI is InChI=1S/C19H26N2/c1-19(15-20,11-14-21-12-4-5-13-21)18-10-6-8-16-7-2-3-9-17(16)18/h2-3,6-10H,4-5,11-15,20H2,1H3/t19-/m1/s1. The summed E-state index contributed by atoms with van der Waals surface area (Å²) in [5.41, 5.74) is 7.66. The van der Waals surface area contributed by atoms with Gasteiger partial charge in [-0.05, 0) is 55.2 Å². The molecule has 0 spiro atoms. The van der Waals surface area contributed by atoms with E-state index in [0.29, 0.717) is 6.54 Å². The zero-order valence-corrected chi connectivity index (χ0v) is 13.0. The molecule has 1 atom stereocenters. The van der Waals surface area contributed by atoms with Crippen LogP contribution in [0.3, 0.4) is 0 Å². The molecule has 0 aliphatic carbocycles. The summed E-state index contributed by atoms with van der Waals surface area (Å²) in [6, 6.07) is 15.3. The first-order chi connectivity index (χ1) is 10.2. The molecule has 2 aromatic carbocycles. The number of benzene rings is 2. The van der Waals surface area contributed by atoms with E-state index >= 15 is 0 Å². The fraction of sp³-hybridized carbons (Fsp3) is 0.474. The van der Waals surface area contributed by atoms with Crippen molar-refractivity contribution in [2.75, 3.05) is 26.2 Å². The van der Waals surface area contributed by atoms with Crippen LogP contribution in [0, 0.1) is 0 Å². The minimum atomic E-state index is 0.0590. The van der Waals surface area contributed by atoms with Gasteiger partial charge in [0.2, 0.25) is 0 Å². The summed E-state index contributed by atoms with van der Waals surface area (Å²) in [7, 11) is 0. The summed E-state index contributed by atoms with van der Waals surface area (Å²) in [4.78, 5) is 2.58. The second kappa shape index (κ2) is 6.17. The molecule has 0 unspecified atom stereocenters. The number of nitrogens with zero attached hydrogens (tertiary/aromatic N) is 1. The Hall–Kier alpha value is -1.38. The molecule has 0 amide bonds. The number of fused-ring (bicyclic) bond motifs is 1. The van der Waals surface area contributed by atoms with Crippen LogP contribution in [0.25, 0.3) is 10.8 Å². The molecular formula is C19H26N2. The monoisotopic (exact) mass is 282 g/mol. The third-order valence-electron chi connectivity index (χ3n) is 5.07. The molecule has 1 fully saturated rings. The zero-order chi connectivity index (χ0) is 14.7. The van der Waals surface area contributed by atoms with Crippen LogP contribution in [0.1, 0.15) is 31.7 Å². The van der Waals surface area contributed by atoms with Gasteiger partial charge in [0.1, 0.15) is 0 Å². The van der Waals surface area contributed by atoms with Crippen molar-refractivity contribution >= 4 is 10.8 Å². The minimum Gasteiger partial charge on any atom is -0.330 e. The van der Waals surface area contributed by atoms with Gasteiger partial charge in [0.05, 0.1) is 0 Å². The minimum absolute atomic E-state index is 0.0590. The maximum Gasteiger partial charge on any atom is 0.00656 e. The van der Waals surface area contributed by atoms with Gasteiger partial charge in [-0.15, -0.1) is 0 Å². The second-order valence-corrected chi connectivity index (χ2v) is 6.59. The van der Waals surface area contributed by atoms with Crippen LogP contribution in [0.2, 0.25) is 0 Å². The highest BCUT2D eigenvalue weighted by Gasteiger charge is 2.27. The van der Waals surface area contributed by atoms with E-state index in [1.165, 1.54) is 42.3 Å². The van der Waals surface area contributed by atoms with Crippen LogP contribution in [-0.4, -0.2) is 31.1 Å². The first-order valence-electron chi connectivity index (χ1n) is 8.14. The summed E-state index contributed by atoms with van der Waals surface area (Å²) >= 11 is 0. The van der Waals surface area contributed by atoms with Crippen molar-refractivity contribution in [3.05, 3.63) is 48.0 Å². The third-order valence-corrected chi connectivity index (χ3v) is 5.07. The van der Waals surface area contributed by atoms with Gasteiger partial charge in [-0.3, -0.25) is 0 Å². The van der Waals surface area contributed by atoms with Crippen LogP contribution >= 0.6 is 0 Å². The molecule has 2 N–H and O–H groups in total. The Kier molecular flexibility index (Phi) is 4.27. The van der Waals surface area contributed by atoms with E-state index in [1.54, 1.807) is 0 Å². The molecule has 112 valence electrons. The lowest BCUT2D eigenvalue weighted by Gasteiger charge is -2.32. The number of nitrogens with two attached hydrogens (primary N) is 1. The van der Waals surface area contributed by atoms with Crippen molar-refractivity contribution in [3.8, 4) is 0 Å². The molecule has 0 bridgehead atoms. The highest BCUT2D eigenvalue weighted by atomic mass is 15.1. The molecule has 21 heavy (non-hydrogen) atoms. The average Bonchev–Trinajstić information content (AvgIpc) is 3.05. The summed E-state index contributed by atoms with van der Waals surface area (Å²) < 4.78 is 0. The van der Waals surface area contributed by atoms with Crippen molar-refractivity contribution in [2.45, 2.75) is 31.6 Å². The molecule has 0 radical (unpaired) electrons. The Bertz CT molecular complexity index is 596. The zero-order valence-electron chi connectivity index (χ0n) is 13.0. The first-order valence-corrected chi connectivity index (χ1v) is 8.14. The van der Waals surface area contributed by atoms with Crippen LogP contribution in [0.15, 0.2) is 42.5 Å². The van der Waals surface area contributed by atoms with Crippen LogP contribution in [-0.2, 0) is 5.41 Å². The van der Waals surface area contributed by atoms with E-state index in [1.807, 2.05) is 0 Å². The largest absolute Gasteiger partial charge is 0.330 e. The molecule has 1 heterocycles.